The van der Waals surface area contributed by atoms with Crippen LogP contribution in [-0.2, 0) is 11.3 Å². The molecule has 1 aliphatic rings. The molecule has 0 aromatic heterocycles. The molecule has 0 spiro atoms. The Labute approximate surface area is 177 Å². The number of amides is 3. The molecule has 3 amide bonds. The highest BCUT2D eigenvalue weighted by molar-refractivity contribution is 6.31. The lowest BCUT2D eigenvalue weighted by molar-refractivity contribution is -0.116. The number of nitrogens with one attached hydrogen (secondary N) is 2. The minimum atomic E-state index is -1.19. The zero-order valence-electron chi connectivity index (χ0n) is 16.0. The number of urea groups is 1. The maximum atomic E-state index is 13.3. The Morgan fingerprint density at radius 1 is 1.27 bits per heavy atom. The lowest BCUT2D eigenvalue weighted by atomic mass is 9.97. The predicted molar refractivity (Wildman–Crippen MR) is 110 cm³/mol. The van der Waals surface area contributed by atoms with Crippen molar-refractivity contribution in [3.8, 4) is 0 Å². The highest BCUT2D eigenvalue weighted by Gasteiger charge is 2.29. The molecule has 2 aromatic carbocycles. The van der Waals surface area contributed by atoms with Crippen LogP contribution in [0.4, 0.5) is 19.7 Å². The van der Waals surface area contributed by atoms with Gasteiger partial charge in [0, 0.05) is 29.9 Å². The molecule has 3 N–H and O–H groups in total. The van der Waals surface area contributed by atoms with Crippen molar-refractivity contribution in [2.45, 2.75) is 25.9 Å². The Kier molecular flexibility index (Phi) is 6.37. The second-order valence-corrected chi connectivity index (χ2v) is 7.22. The number of anilines is 1. The zero-order chi connectivity index (χ0) is 21.8. The Bertz CT molecular complexity index is 1020. The molecule has 9 heteroatoms. The second kappa shape index (κ2) is 8.96. The number of aryl methyl sites for hydroxylation is 1. The highest BCUT2D eigenvalue weighted by atomic mass is 35.5. The molecule has 0 bridgehead atoms. The van der Waals surface area contributed by atoms with Gasteiger partial charge >= 0.3 is 12.1 Å². The van der Waals surface area contributed by atoms with Gasteiger partial charge in [0.2, 0.25) is 0 Å². The summed E-state index contributed by atoms with van der Waals surface area (Å²) in [5.41, 5.74) is 2.26. The standard InChI is InChI=1S/C21H19ClFN3O4/c1-12-8-17(22)14(11-24-21(29)30)9-18(12)25-20(28)26-7-6-16(27)10-19(26)13-2-4-15(23)5-3-13/h2-9,19,24H,10-11H2,1H3,(H,25,28)(H,29,30)/t19-/m0/s1. The van der Waals surface area contributed by atoms with E-state index in [1.54, 1.807) is 19.1 Å². The van der Waals surface area contributed by atoms with Crippen LogP contribution < -0.4 is 10.6 Å². The summed E-state index contributed by atoms with van der Waals surface area (Å²) >= 11 is 6.17. The zero-order valence-corrected chi connectivity index (χ0v) is 16.7. The summed E-state index contributed by atoms with van der Waals surface area (Å²) in [5.74, 6) is -0.551. The Morgan fingerprint density at radius 3 is 2.63 bits per heavy atom. The normalized spacial score (nSPS) is 15.8. The number of hydrogen-bond donors (Lipinski definition) is 3. The summed E-state index contributed by atoms with van der Waals surface area (Å²) in [4.78, 5) is 37.0. The molecular weight excluding hydrogens is 413 g/mol. The van der Waals surface area contributed by atoms with Crippen molar-refractivity contribution in [2.75, 3.05) is 5.32 Å². The number of hydrogen-bond acceptors (Lipinski definition) is 3. The van der Waals surface area contributed by atoms with E-state index in [-0.39, 0.29) is 18.7 Å². The number of carboxylic acid groups (broad SMARTS) is 1. The van der Waals surface area contributed by atoms with Gasteiger partial charge in [0.1, 0.15) is 5.82 Å². The summed E-state index contributed by atoms with van der Waals surface area (Å²) in [7, 11) is 0. The SMILES string of the molecule is Cc1cc(Cl)c(CNC(=O)O)cc1NC(=O)N1C=CC(=O)C[C@H]1c1ccc(F)cc1. The lowest BCUT2D eigenvalue weighted by Crippen LogP contribution is -2.37. The molecule has 1 atom stereocenters. The van der Waals surface area contributed by atoms with Crippen LogP contribution in [0.2, 0.25) is 5.02 Å². The number of nitrogens with zero attached hydrogens (tertiary/aromatic N) is 1. The van der Waals surface area contributed by atoms with Gasteiger partial charge in [0.15, 0.2) is 5.78 Å². The average Bonchev–Trinajstić information content (AvgIpc) is 2.69. The molecule has 0 fully saturated rings. The minimum Gasteiger partial charge on any atom is -0.465 e. The first kappa shape index (κ1) is 21.3. The first-order valence-corrected chi connectivity index (χ1v) is 9.44. The van der Waals surface area contributed by atoms with Gasteiger partial charge in [0.25, 0.3) is 0 Å². The summed E-state index contributed by atoms with van der Waals surface area (Å²) in [6, 6.07) is 7.78. The molecule has 156 valence electrons. The number of ketones is 1. The maximum absolute atomic E-state index is 13.3. The Morgan fingerprint density at radius 2 is 1.97 bits per heavy atom. The van der Waals surface area contributed by atoms with Gasteiger partial charge in [0.05, 0.1) is 6.04 Å². The summed E-state index contributed by atoms with van der Waals surface area (Å²) in [6.07, 6.45) is 1.59. The van der Waals surface area contributed by atoms with Gasteiger partial charge in [-0.3, -0.25) is 9.69 Å². The van der Waals surface area contributed by atoms with Crippen molar-refractivity contribution in [1.29, 1.82) is 0 Å². The quantitative estimate of drug-likeness (QED) is 0.657. The van der Waals surface area contributed by atoms with Crippen molar-refractivity contribution >= 4 is 35.2 Å². The van der Waals surface area contributed by atoms with Crippen LogP contribution in [0, 0.1) is 12.7 Å². The molecule has 7 nitrogen and oxygen atoms in total. The number of rotatable bonds is 4. The van der Waals surface area contributed by atoms with Crippen LogP contribution in [0.1, 0.15) is 29.2 Å². The Hall–Kier alpha value is -3.39. The smallest absolute Gasteiger partial charge is 0.404 e. The van der Waals surface area contributed by atoms with Gasteiger partial charge in [-0.05, 0) is 54.0 Å². The van der Waals surface area contributed by atoms with E-state index in [1.165, 1.54) is 41.4 Å². The third-order valence-electron chi connectivity index (χ3n) is 4.71. The van der Waals surface area contributed by atoms with Crippen molar-refractivity contribution in [2.24, 2.45) is 0 Å². The fourth-order valence-corrected chi connectivity index (χ4v) is 3.42. The summed E-state index contributed by atoms with van der Waals surface area (Å²) < 4.78 is 13.3. The monoisotopic (exact) mass is 431 g/mol. The molecule has 2 aromatic rings. The fourth-order valence-electron chi connectivity index (χ4n) is 3.14. The first-order valence-electron chi connectivity index (χ1n) is 9.06. The predicted octanol–water partition coefficient (Wildman–Crippen LogP) is 4.62. The molecule has 0 radical (unpaired) electrons. The topological polar surface area (TPSA) is 98.7 Å². The van der Waals surface area contributed by atoms with Crippen LogP contribution in [0.15, 0.2) is 48.7 Å². The van der Waals surface area contributed by atoms with Crippen molar-refractivity contribution in [3.05, 3.63) is 76.2 Å². The van der Waals surface area contributed by atoms with E-state index < -0.39 is 24.0 Å². The van der Waals surface area contributed by atoms with E-state index in [0.717, 1.165) is 0 Å². The average molecular weight is 432 g/mol. The number of carbonyl (C=O) groups is 3. The molecule has 1 aliphatic heterocycles. The fraction of sp³-hybridized carbons (Fsp3) is 0.190. The van der Waals surface area contributed by atoms with Crippen molar-refractivity contribution in [1.82, 2.24) is 10.2 Å². The number of carbonyl (C=O) groups excluding carboxylic acids is 2. The van der Waals surface area contributed by atoms with Gasteiger partial charge in [-0.1, -0.05) is 23.7 Å². The van der Waals surface area contributed by atoms with Crippen molar-refractivity contribution < 1.29 is 23.9 Å². The number of allylic oxidation sites excluding steroid dienone is 1. The first-order chi connectivity index (χ1) is 14.2. The van der Waals surface area contributed by atoms with E-state index in [1.807, 2.05) is 0 Å². The van der Waals surface area contributed by atoms with Gasteiger partial charge in [-0.15, -0.1) is 0 Å². The Balaban J connectivity index is 1.85. The maximum Gasteiger partial charge on any atom is 0.404 e. The van der Waals surface area contributed by atoms with E-state index in [0.29, 0.717) is 27.4 Å². The molecule has 0 unspecified atom stereocenters. The van der Waals surface area contributed by atoms with Gasteiger partial charge in [-0.25, -0.2) is 14.0 Å². The third kappa shape index (κ3) is 4.96. The third-order valence-corrected chi connectivity index (χ3v) is 5.06. The minimum absolute atomic E-state index is 0.0202. The molecular formula is C21H19ClFN3O4. The second-order valence-electron chi connectivity index (χ2n) is 6.81. The molecule has 30 heavy (non-hydrogen) atoms. The number of halogens is 2. The van der Waals surface area contributed by atoms with Crippen LogP contribution >= 0.6 is 11.6 Å². The molecule has 0 saturated carbocycles. The van der Waals surface area contributed by atoms with E-state index >= 15 is 0 Å². The lowest BCUT2D eigenvalue weighted by Gasteiger charge is -2.31. The van der Waals surface area contributed by atoms with E-state index in [2.05, 4.69) is 10.6 Å². The van der Waals surface area contributed by atoms with Crippen LogP contribution in [-0.4, -0.2) is 27.9 Å². The number of benzene rings is 2. The summed E-state index contributed by atoms with van der Waals surface area (Å²) in [6.45, 7) is 1.73. The van der Waals surface area contributed by atoms with Crippen LogP contribution in [0.3, 0.4) is 0 Å². The van der Waals surface area contributed by atoms with Gasteiger partial charge < -0.3 is 15.7 Å². The van der Waals surface area contributed by atoms with Crippen LogP contribution in [0.5, 0.6) is 0 Å². The van der Waals surface area contributed by atoms with E-state index in [4.69, 9.17) is 16.7 Å². The van der Waals surface area contributed by atoms with Crippen molar-refractivity contribution in [3.63, 3.8) is 0 Å². The van der Waals surface area contributed by atoms with Crippen LogP contribution in [0.25, 0.3) is 0 Å². The van der Waals surface area contributed by atoms with Gasteiger partial charge in [-0.2, -0.15) is 0 Å². The summed E-state index contributed by atoms with van der Waals surface area (Å²) in [5, 5.41) is 14.2. The molecule has 1 heterocycles. The highest BCUT2D eigenvalue weighted by Crippen LogP contribution is 2.31. The molecule has 0 saturated heterocycles. The molecule has 0 aliphatic carbocycles. The van der Waals surface area contributed by atoms with E-state index in [9.17, 15) is 18.8 Å². The molecule has 3 rings (SSSR count). The largest absolute Gasteiger partial charge is 0.465 e.